The second-order valence-corrected chi connectivity index (χ2v) is 4.18. The highest BCUT2D eigenvalue weighted by Gasteiger charge is 2.12. The van der Waals surface area contributed by atoms with E-state index >= 15 is 0 Å². The molecule has 0 atom stereocenters. The van der Waals surface area contributed by atoms with Crippen molar-refractivity contribution < 1.29 is 4.42 Å². The lowest BCUT2D eigenvalue weighted by atomic mass is 10.1. The molecule has 3 nitrogen and oxygen atoms in total. The van der Waals surface area contributed by atoms with Crippen LogP contribution >= 0.6 is 23.2 Å². The zero-order valence-electron chi connectivity index (χ0n) is 8.30. The maximum atomic E-state index is 11.6. The molecule has 0 aliphatic carbocycles. The fourth-order valence-corrected chi connectivity index (χ4v) is 2.02. The molecule has 16 heavy (non-hydrogen) atoms. The molecule has 0 amide bonds. The van der Waals surface area contributed by atoms with Crippen LogP contribution in [0.5, 0.6) is 0 Å². The van der Waals surface area contributed by atoms with E-state index in [0.717, 1.165) is 0 Å². The number of hydrogen-bond acceptors (Lipinski definition) is 3. The van der Waals surface area contributed by atoms with Crippen molar-refractivity contribution in [2.45, 2.75) is 6.42 Å². The molecule has 0 radical (unpaired) electrons. The van der Waals surface area contributed by atoms with Crippen molar-refractivity contribution in [1.82, 2.24) is 0 Å². The Morgan fingerprint density at radius 1 is 1.31 bits per heavy atom. The predicted octanol–water partition coefficient (Wildman–Crippen LogP) is 2.60. The molecule has 0 aliphatic heterocycles. The Kier molecular flexibility index (Phi) is 3.19. The first kappa shape index (κ1) is 11.5. The summed E-state index contributed by atoms with van der Waals surface area (Å²) in [7, 11) is 0. The minimum atomic E-state index is -0.440. The lowest BCUT2D eigenvalue weighted by Crippen LogP contribution is -2.13. The van der Waals surface area contributed by atoms with E-state index in [1.165, 1.54) is 0 Å². The molecule has 84 valence electrons. The van der Waals surface area contributed by atoms with Gasteiger partial charge < -0.3 is 10.2 Å². The smallest absolute Gasteiger partial charge is 0.341 e. The third-order valence-electron chi connectivity index (χ3n) is 2.29. The summed E-state index contributed by atoms with van der Waals surface area (Å²) in [6, 6.07) is 4.94. The highest BCUT2D eigenvalue weighted by Crippen LogP contribution is 2.27. The van der Waals surface area contributed by atoms with Gasteiger partial charge in [0.2, 0.25) is 0 Å². The maximum absolute atomic E-state index is 11.6. The largest absolute Gasteiger partial charge is 0.422 e. The summed E-state index contributed by atoms with van der Waals surface area (Å²) in [6.07, 6.45) is 0.392. The van der Waals surface area contributed by atoms with Crippen molar-refractivity contribution in [3.8, 4) is 0 Å². The van der Waals surface area contributed by atoms with Crippen LogP contribution in [0.15, 0.2) is 27.4 Å². The number of benzene rings is 1. The van der Waals surface area contributed by atoms with Gasteiger partial charge >= 0.3 is 5.63 Å². The highest BCUT2D eigenvalue weighted by atomic mass is 35.5. The molecule has 1 aromatic heterocycles. The fraction of sp³-hybridized carbons (Fsp3) is 0.182. The van der Waals surface area contributed by atoms with Crippen LogP contribution in [0.1, 0.15) is 5.56 Å². The Morgan fingerprint density at radius 3 is 2.75 bits per heavy atom. The van der Waals surface area contributed by atoms with E-state index in [0.29, 0.717) is 39.5 Å². The summed E-state index contributed by atoms with van der Waals surface area (Å²) >= 11 is 12.0. The Hall–Kier alpha value is -1.03. The second kappa shape index (κ2) is 4.45. The molecule has 0 bridgehead atoms. The Bertz CT molecular complexity index is 592. The van der Waals surface area contributed by atoms with Gasteiger partial charge in [0, 0.05) is 10.4 Å². The fourth-order valence-electron chi connectivity index (χ4n) is 1.53. The topological polar surface area (TPSA) is 56.2 Å². The standard InChI is InChI=1S/C11H9Cl2NO2/c12-6-1-2-9-8(5-6)10(13)7(3-4-14)11(15)16-9/h1-2,5H,3-4,14H2. The summed E-state index contributed by atoms with van der Waals surface area (Å²) in [5, 5.41) is 1.55. The molecule has 0 fully saturated rings. The molecule has 2 N–H and O–H groups in total. The van der Waals surface area contributed by atoms with Gasteiger partial charge in [-0.05, 0) is 31.2 Å². The van der Waals surface area contributed by atoms with Crippen LogP contribution in [0.3, 0.4) is 0 Å². The van der Waals surface area contributed by atoms with Gasteiger partial charge in [-0.1, -0.05) is 23.2 Å². The van der Waals surface area contributed by atoms with Crippen molar-refractivity contribution in [3.63, 3.8) is 0 Å². The van der Waals surface area contributed by atoms with E-state index < -0.39 is 5.63 Å². The summed E-state index contributed by atoms with van der Waals surface area (Å²) in [5.41, 5.74) is 5.80. The van der Waals surface area contributed by atoms with Crippen molar-refractivity contribution in [2.75, 3.05) is 6.54 Å². The second-order valence-electron chi connectivity index (χ2n) is 3.36. The van der Waals surface area contributed by atoms with E-state index in [2.05, 4.69) is 0 Å². The first-order valence-electron chi connectivity index (χ1n) is 4.74. The van der Waals surface area contributed by atoms with Gasteiger partial charge in [0.25, 0.3) is 0 Å². The number of hydrogen-bond donors (Lipinski definition) is 1. The van der Waals surface area contributed by atoms with Crippen LogP contribution in [-0.2, 0) is 6.42 Å². The Balaban J connectivity index is 2.79. The lowest BCUT2D eigenvalue weighted by Gasteiger charge is -2.04. The molecule has 5 heteroatoms. The summed E-state index contributed by atoms with van der Waals surface area (Å²) in [6.45, 7) is 0.344. The summed E-state index contributed by atoms with van der Waals surface area (Å²) in [5.74, 6) is 0. The maximum Gasteiger partial charge on any atom is 0.341 e. The van der Waals surface area contributed by atoms with Gasteiger partial charge in [0.1, 0.15) is 5.58 Å². The average molecular weight is 258 g/mol. The van der Waals surface area contributed by atoms with Crippen molar-refractivity contribution >= 4 is 34.2 Å². The highest BCUT2D eigenvalue weighted by molar-refractivity contribution is 6.37. The van der Waals surface area contributed by atoms with Crippen molar-refractivity contribution in [3.05, 3.63) is 44.2 Å². The van der Waals surface area contributed by atoms with Crippen LogP contribution < -0.4 is 11.4 Å². The molecule has 0 saturated heterocycles. The number of rotatable bonds is 2. The zero-order chi connectivity index (χ0) is 11.7. The molecule has 1 aromatic carbocycles. The third-order valence-corrected chi connectivity index (χ3v) is 2.95. The monoisotopic (exact) mass is 257 g/mol. The van der Waals surface area contributed by atoms with E-state index in [9.17, 15) is 4.79 Å². The molecule has 0 saturated carbocycles. The quantitative estimate of drug-likeness (QED) is 0.842. The van der Waals surface area contributed by atoms with Gasteiger partial charge in [-0.15, -0.1) is 0 Å². The molecule has 2 aromatic rings. The van der Waals surface area contributed by atoms with Gasteiger partial charge in [-0.2, -0.15) is 0 Å². The van der Waals surface area contributed by atoms with Crippen molar-refractivity contribution in [1.29, 1.82) is 0 Å². The minimum absolute atomic E-state index is 0.344. The number of fused-ring (bicyclic) bond motifs is 1. The van der Waals surface area contributed by atoms with Crippen LogP contribution in [-0.4, -0.2) is 6.54 Å². The van der Waals surface area contributed by atoms with E-state index in [1.54, 1.807) is 18.2 Å². The number of halogens is 2. The van der Waals surface area contributed by atoms with Crippen LogP contribution in [0, 0.1) is 0 Å². The summed E-state index contributed by atoms with van der Waals surface area (Å²) < 4.78 is 5.13. The van der Waals surface area contributed by atoms with Crippen LogP contribution in [0.25, 0.3) is 11.0 Å². The summed E-state index contributed by atoms with van der Waals surface area (Å²) in [4.78, 5) is 11.6. The Morgan fingerprint density at radius 2 is 2.06 bits per heavy atom. The Labute approximate surface area is 102 Å². The lowest BCUT2D eigenvalue weighted by molar-refractivity contribution is 0.550. The molecule has 0 spiro atoms. The van der Waals surface area contributed by atoms with Crippen LogP contribution in [0.4, 0.5) is 0 Å². The molecular formula is C11H9Cl2NO2. The molecular weight excluding hydrogens is 249 g/mol. The molecule has 2 rings (SSSR count). The number of nitrogens with two attached hydrogens (primary N) is 1. The predicted molar refractivity (Wildman–Crippen MR) is 65.3 cm³/mol. The first-order chi connectivity index (χ1) is 7.63. The van der Waals surface area contributed by atoms with E-state index in [1.807, 2.05) is 0 Å². The first-order valence-corrected chi connectivity index (χ1v) is 5.50. The normalized spacial score (nSPS) is 10.9. The van der Waals surface area contributed by atoms with Gasteiger partial charge in [-0.25, -0.2) is 4.79 Å². The molecule has 0 aliphatic rings. The molecule has 1 heterocycles. The zero-order valence-corrected chi connectivity index (χ0v) is 9.81. The van der Waals surface area contributed by atoms with Gasteiger partial charge in [0.05, 0.1) is 10.6 Å². The average Bonchev–Trinajstić information content (AvgIpc) is 2.26. The SMILES string of the molecule is NCCc1c(Cl)c2cc(Cl)ccc2oc1=O. The van der Waals surface area contributed by atoms with Gasteiger partial charge in [-0.3, -0.25) is 0 Å². The van der Waals surface area contributed by atoms with Crippen molar-refractivity contribution in [2.24, 2.45) is 5.73 Å². The van der Waals surface area contributed by atoms with Gasteiger partial charge in [0.15, 0.2) is 0 Å². The third kappa shape index (κ3) is 1.94. The van der Waals surface area contributed by atoms with E-state index in [-0.39, 0.29) is 0 Å². The van der Waals surface area contributed by atoms with Crippen LogP contribution in [0.2, 0.25) is 10.0 Å². The van der Waals surface area contributed by atoms with E-state index in [4.69, 9.17) is 33.4 Å². The molecule has 0 unspecified atom stereocenters. The minimum Gasteiger partial charge on any atom is -0.422 e.